The van der Waals surface area contributed by atoms with Gasteiger partial charge in [0.05, 0.1) is 13.2 Å². The largest absolute Gasteiger partial charge is 0.497 e. The maximum atomic E-state index is 12.0. The van der Waals surface area contributed by atoms with Gasteiger partial charge in [-0.05, 0) is 31.2 Å². The molecule has 0 aromatic heterocycles. The van der Waals surface area contributed by atoms with Gasteiger partial charge >= 0.3 is 6.03 Å². The number of quaternary nitrogens is 1. The molecular weight excluding hydrogens is 270 g/mol. The Kier molecular flexibility index (Phi) is 4.80. The first-order valence-corrected chi connectivity index (χ1v) is 7.10. The highest BCUT2D eigenvalue weighted by Crippen LogP contribution is 2.17. The number of ether oxygens (including phenoxy) is 1. The number of amides is 3. The second-order valence-corrected chi connectivity index (χ2v) is 5.45. The summed E-state index contributed by atoms with van der Waals surface area (Å²) in [5.41, 5.74) is 6.15. The Morgan fingerprint density at radius 3 is 2.48 bits per heavy atom. The number of primary amides is 1. The zero-order valence-electron chi connectivity index (χ0n) is 12.4. The Hall–Kier alpha value is -2.08. The fourth-order valence-corrected chi connectivity index (χ4v) is 2.48. The Morgan fingerprint density at radius 1 is 1.38 bits per heavy atom. The predicted molar refractivity (Wildman–Crippen MR) is 77.9 cm³/mol. The van der Waals surface area contributed by atoms with Gasteiger partial charge in [0, 0.05) is 18.4 Å². The van der Waals surface area contributed by atoms with Gasteiger partial charge in [0.15, 0.2) is 6.04 Å². The Morgan fingerprint density at radius 2 is 2.00 bits per heavy atom. The molecule has 2 rings (SSSR count). The summed E-state index contributed by atoms with van der Waals surface area (Å²) in [6.45, 7) is 2.57. The number of urea groups is 1. The van der Waals surface area contributed by atoms with Gasteiger partial charge in [-0.2, -0.15) is 0 Å². The molecule has 1 aromatic carbocycles. The lowest BCUT2D eigenvalue weighted by Gasteiger charge is -2.25. The fraction of sp³-hybridized carbons (Fsp3) is 0.467. The van der Waals surface area contributed by atoms with E-state index in [1.807, 2.05) is 31.2 Å². The summed E-state index contributed by atoms with van der Waals surface area (Å²) in [4.78, 5) is 23.9. The molecule has 0 saturated heterocycles. The highest BCUT2D eigenvalue weighted by Gasteiger charge is 2.39. The van der Waals surface area contributed by atoms with Crippen molar-refractivity contribution in [2.45, 2.75) is 38.4 Å². The van der Waals surface area contributed by atoms with E-state index in [1.165, 1.54) is 4.90 Å². The summed E-state index contributed by atoms with van der Waals surface area (Å²) in [5.74, 6) is 0.490. The zero-order valence-corrected chi connectivity index (χ0v) is 12.4. The van der Waals surface area contributed by atoms with Gasteiger partial charge < -0.3 is 15.4 Å². The van der Waals surface area contributed by atoms with Crippen LogP contribution in [0.15, 0.2) is 24.3 Å². The smallest absolute Gasteiger partial charge is 0.319 e. The van der Waals surface area contributed by atoms with Crippen LogP contribution in [0.1, 0.15) is 25.3 Å². The molecule has 0 spiro atoms. The number of benzene rings is 1. The van der Waals surface area contributed by atoms with Crippen LogP contribution in [0.25, 0.3) is 0 Å². The molecule has 114 valence electrons. The standard InChI is InChI=1S/C15H21N3O3/c1-10(14(19)17-15(16)20)18(12-5-6-12)9-11-3-7-13(21-2)8-4-11/h3-4,7-8,10,12H,5-6,9H2,1-2H3,(H3,16,17,19,20)/p+1/t10-/m1/s1. The minimum Gasteiger partial charge on any atom is -0.497 e. The quantitative estimate of drug-likeness (QED) is 0.680. The van der Waals surface area contributed by atoms with Crippen LogP contribution in [-0.2, 0) is 11.3 Å². The second kappa shape index (κ2) is 6.58. The number of imide groups is 1. The normalized spacial score (nSPS) is 16.9. The first-order chi connectivity index (χ1) is 10.0. The van der Waals surface area contributed by atoms with Crippen LogP contribution in [0.5, 0.6) is 5.75 Å². The fourth-order valence-electron chi connectivity index (χ4n) is 2.48. The molecule has 1 unspecified atom stereocenters. The third-order valence-corrected chi connectivity index (χ3v) is 3.86. The molecule has 6 nitrogen and oxygen atoms in total. The summed E-state index contributed by atoms with van der Waals surface area (Å²) in [5, 5.41) is 2.17. The van der Waals surface area contributed by atoms with E-state index in [-0.39, 0.29) is 11.9 Å². The van der Waals surface area contributed by atoms with Crippen LogP contribution in [0.2, 0.25) is 0 Å². The summed E-state index contributed by atoms with van der Waals surface area (Å²) in [6, 6.07) is 7.18. The molecule has 0 aliphatic heterocycles. The molecule has 3 amide bonds. The van der Waals surface area contributed by atoms with E-state index in [4.69, 9.17) is 10.5 Å². The van der Waals surface area contributed by atoms with Crippen molar-refractivity contribution in [3.8, 4) is 5.75 Å². The van der Waals surface area contributed by atoms with Crippen LogP contribution in [-0.4, -0.2) is 31.1 Å². The van der Waals surface area contributed by atoms with Crippen LogP contribution < -0.4 is 20.7 Å². The average Bonchev–Trinajstić information content (AvgIpc) is 3.28. The number of methoxy groups -OCH3 is 1. The number of carbonyl (C=O) groups excluding carboxylic acids is 2. The van der Waals surface area contributed by atoms with E-state index in [1.54, 1.807) is 7.11 Å². The molecule has 0 heterocycles. The highest BCUT2D eigenvalue weighted by molar-refractivity contribution is 5.95. The number of hydrogen-bond donors (Lipinski definition) is 3. The third kappa shape index (κ3) is 4.19. The Balaban J connectivity index is 2.04. The number of hydrogen-bond acceptors (Lipinski definition) is 3. The van der Waals surface area contributed by atoms with E-state index in [0.29, 0.717) is 6.04 Å². The van der Waals surface area contributed by atoms with Gasteiger partial charge in [0.1, 0.15) is 12.3 Å². The molecule has 4 N–H and O–H groups in total. The lowest BCUT2D eigenvalue weighted by Crippen LogP contribution is -3.16. The number of carbonyl (C=O) groups is 2. The van der Waals surface area contributed by atoms with E-state index in [2.05, 4.69) is 5.32 Å². The van der Waals surface area contributed by atoms with Crippen LogP contribution >= 0.6 is 0 Å². The van der Waals surface area contributed by atoms with Crippen molar-refractivity contribution in [3.63, 3.8) is 0 Å². The summed E-state index contributed by atoms with van der Waals surface area (Å²) in [6.07, 6.45) is 2.22. The minimum atomic E-state index is -0.800. The molecule has 1 aliphatic rings. The molecule has 0 radical (unpaired) electrons. The Bertz CT molecular complexity index is 511. The highest BCUT2D eigenvalue weighted by atomic mass is 16.5. The molecular formula is C15H22N3O3+. The Labute approximate surface area is 124 Å². The number of nitrogens with two attached hydrogens (primary N) is 1. The average molecular weight is 292 g/mol. The van der Waals surface area contributed by atoms with Gasteiger partial charge in [-0.1, -0.05) is 0 Å². The minimum absolute atomic E-state index is 0.313. The molecule has 21 heavy (non-hydrogen) atoms. The SMILES string of the molecule is COc1ccc(C[NH+](C2CC2)[C@H](C)C(=O)NC(N)=O)cc1. The van der Waals surface area contributed by atoms with Crippen molar-refractivity contribution in [1.29, 1.82) is 0 Å². The van der Waals surface area contributed by atoms with E-state index < -0.39 is 6.03 Å². The third-order valence-electron chi connectivity index (χ3n) is 3.86. The monoisotopic (exact) mass is 292 g/mol. The molecule has 6 heteroatoms. The first-order valence-electron chi connectivity index (χ1n) is 7.10. The summed E-state index contributed by atoms with van der Waals surface area (Å²) < 4.78 is 5.14. The van der Waals surface area contributed by atoms with Crippen molar-refractivity contribution < 1.29 is 19.2 Å². The molecule has 1 saturated carbocycles. The summed E-state index contributed by atoms with van der Waals surface area (Å²) >= 11 is 0. The number of nitrogens with one attached hydrogen (secondary N) is 2. The van der Waals surface area contributed by atoms with Crippen molar-refractivity contribution in [3.05, 3.63) is 29.8 Å². The van der Waals surface area contributed by atoms with Gasteiger partial charge in [-0.3, -0.25) is 10.1 Å². The first kappa shape index (κ1) is 15.3. The van der Waals surface area contributed by atoms with Gasteiger partial charge in [0.25, 0.3) is 5.91 Å². The van der Waals surface area contributed by atoms with E-state index >= 15 is 0 Å². The van der Waals surface area contributed by atoms with Gasteiger partial charge in [-0.15, -0.1) is 0 Å². The van der Waals surface area contributed by atoms with Crippen molar-refractivity contribution in [1.82, 2.24) is 5.32 Å². The maximum Gasteiger partial charge on any atom is 0.319 e. The maximum absolute atomic E-state index is 12.0. The van der Waals surface area contributed by atoms with E-state index in [0.717, 1.165) is 30.7 Å². The van der Waals surface area contributed by atoms with Gasteiger partial charge in [-0.25, -0.2) is 4.79 Å². The van der Waals surface area contributed by atoms with Crippen LogP contribution in [0.3, 0.4) is 0 Å². The van der Waals surface area contributed by atoms with E-state index in [9.17, 15) is 9.59 Å². The lowest BCUT2D eigenvalue weighted by atomic mass is 10.1. The van der Waals surface area contributed by atoms with Crippen molar-refractivity contribution in [2.24, 2.45) is 5.73 Å². The zero-order chi connectivity index (χ0) is 15.4. The predicted octanol–water partition coefficient (Wildman–Crippen LogP) is -0.174. The van der Waals surface area contributed by atoms with Gasteiger partial charge in [0.2, 0.25) is 0 Å². The molecule has 0 bridgehead atoms. The van der Waals surface area contributed by atoms with Crippen LogP contribution in [0, 0.1) is 0 Å². The second-order valence-electron chi connectivity index (χ2n) is 5.45. The molecule has 1 aromatic rings. The van der Waals surface area contributed by atoms with Crippen molar-refractivity contribution in [2.75, 3.05) is 7.11 Å². The molecule has 1 fully saturated rings. The lowest BCUT2D eigenvalue weighted by molar-refractivity contribution is -0.938. The summed E-state index contributed by atoms with van der Waals surface area (Å²) in [7, 11) is 1.63. The molecule has 1 aliphatic carbocycles. The van der Waals surface area contributed by atoms with Crippen LogP contribution in [0.4, 0.5) is 4.79 Å². The molecule has 2 atom stereocenters. The topological polar surface area (TPSA) is 85.9 Å². The number of rotatable bonds is 6. The van der Waals surface area contributed by atoms with Crippen molar-refractivity contribution >= 4 is 11.9 Å².